The fourth-order valence-electron chi connectivity index (χ4n) is 4.64. The van der Waals surface area contributed by atoms with Gasteiger partial charge in [-0.1, -0.05) is 6.07 Å². The molecule has 0 aliphatic carbocycles. The van der Waals surface area contributed by atoms with Crippen LogP contribution < -0.4 is 10.1 Å². The molecule has 0 atom stereocenters. The van der Waals surface area contributed by atoms with Gasteiger partial charge >= 0.3 is 0 Å². The number of likely N-dealkylation sites (tertiary alicyclic amines) is 1. The zero-order chi connectivity index (χ0) is 24.2. The number of benzene rings is 2. The molecule has 35 heavy (non-hydrogen) atoms. The van der Waals surface area contributed by atoms with Gasteiger partial charge in [0.25, 0.3) is 0 Å². The molecule has 0 amide bonds. The molecule has 0 saturated carbocycles. The maximum atomic E-state index is 12.7. The summed E-state index contributed by atoms with van der Waals surface area (Å²) >= 11 is 0. The third-order valence-corrected chi connectivity index (χ3v) is 6.83. The third-order valence-electron chi connectivity index (χ3n) is 6.83. The van der Waals surface area contributed by atoms with Crippen molar-refractivity contribution < 1.29 is 9.53 Å². The van der Waals surface area contributed by atoms with Gasteiger partial charge in [-0.15, -0.1) is 5.10 Å². The van der Waals surface area contributed by atoms with E-state index in [0.717, 1.165) is 53.4 Å². The van der Waals surface area contributed by atoms with E-state index in [1.54, 1.807) is 7.11 Å². The van der Waals surface area contributed by atoms with Gasteiger partial charge < -0.3 is 15.0 Å². The lowest BCUT2D eigenvalue weighted by molar-refractivity contribution is 0.0965. The summed E-state index contributed by atoms with van der Waals surface area (Å²) in [5.41, 5.74) is 4.32. The van der Waals surface area contributed by atoms with E-state index < -0.39 is 0 Å². The average molecular weight is 470 g/mol. The number of Topliss-reactive ketones (excluding diaryl/α,β-unsaturated/α-hetero) is 1. The number of piperidine rings is 1. The predicted molar refractivity (Wildman–Crippen MR) is 138 cm³/mol. The van der Waals surface area contributed by atoms with Gasteiger partial charge in [-0.25, -0.2) is 4.52 Å². The molecule has 3 heterocycles. The summed E-state index contributed by atoms with van der Waals surface area (Å²) in [4.78, 5) is 19.7. The van der Waals surface area contributed by atoms with Gasteiger partial charge in [-0.3, -0.25) is 4.79 Å². The van der Waals surface area contributed by atoms with E-state index >= 15 is 0 Å². The molecule has 5 rings (SSSR count). The van der Waals surface area contributed by atoms with Gasteiger partial charge in [0.05, 0.1) is 12.8 Å². The molecule has 0 spiro atoms. The summed E-state index contributed by atoms with van der Waals surface area (Å²) in [7, 11) is 3.82. The second-order valence-electron chi connectivity index (χ2n) is 9.26. The molecule has 4 aromatic rings. The van der Waals surface area contributed by atoms with Crippen molar-refractivity contribution in [2.75, 3.05) is 32.6 Å². The van der Waals surface area contributed by atoms with Crippen molar-refractivity contribution in [2.45, 2.75) is 25.7 Å². The number of methoxy groups -OCH3 is 1. The maximum Gasteiger partial charge on any atom is 0.247 e. The van der Waals surface area contributed by atoms with Crippen molar-refractivity contribution in [3.63, 3.8) is 0 Å². The molecule has 1 aliphatic heterocycles. The fourth-order valence-corrected chi connectivity index (χ4v) is 4.64. The SMILES string of the molecule is COc1ccc(-c2cccc3nc(Nc4ccc(C(=O)CCC5CCN(C)CC5)cc4)nn23)cc1. The van der Waals surface area contributed by atoms with Crippen LogP contribution in [0.25, 0.3) is 16.9 Å². The first kappa shape index (κ1) is 23.1. The maximum absolute atomic E-state index is 12.7. The van der Waals surface area contributed by atoms with Crippen LogP contribution >= 0.6 is 0 Å². The molecule has 1 saturated heterocycles. The highest BCUT2D eigenvalue weighted by Crippen LogP contribution is 2.25. The first-order chi connectivity index (χ1) is 17.1. The normalized spacial score (nSPS) is 14.8. The molecule has 2 aromatic heterocycles. The zero-order valence-electron chi connectivity index (χ0n) is 20.3. The first-order valence-electron chi connectivity index (χ1n) is 12.2. The average Bonchev–Trinajstić information content (AvgIpc) is 3.31. The molecule has 7 heteroatoms. The summed E-state index contributed by atoms with van der Waals surface area (Å²) < 4.78 is 7.09. The highest BCUT2D eigenvalue weighted by molar-refractivity contribution is 5.96. The molecule has 7 nitrogen and oxygen atoms in total. The van der Waals surface area contributed by atoms with Crippen molar-refractivity contribution in [3.05, 3.63) is 72.3 Å². The number of rotatable bonds is 8. The minimum absolute atomic E-state index is 0.213. The lowest BCUT2D eigenvalue weighted by atomic mass is 9.90. The number of carbonyl (C=O) groups is 1. The van der Waals surface area contributed by atoms with Crippen LogP contribution in [0.5, 0.6) is 5.75 Å². The van der Waals surface area contributed by atoms with Crippen molar-refractivity contribution in [3.8, 4) is 17.0 Å². The molecule has 0 unspecified atom stereocenters. The quantitative estimate of drug-likeness (QED) is 0.346. The van der Waals surface area contributed by atoms with Crippen LogP contribution in [0.1, 0.15) is 36.0 Å². The van der Waals surface area contributed by atoms with Crippen molar-refractivity contribution in [1.29, 1.82) is 0 Å². The smallest absolute Gasteiger partial charge is 0.247 e. The van der Waals surface area contributed by atoms with E-state index in [2.05, 4.69) is 27.3 Å². The highest BCUT2D eigenvalue weighted by Gasteiger charge is 2.18. The van der Waals surface area contributed by atoms with Crippen LogP contribution in [0.4, 0.5) is 11.6 Å². The number of nitrogens with one attached hydrogen (secondary N) is 1. The van der Waals surface area contributed by atoms with Crippen LogP contribution in [0.15, 0.2) is 66.7 Å². The lowest BCUT2D eigenvalue weighted by Gasteiger charge is -2.28. The van der Waals surface area contributed by atoms with Crippen LogP contribution in [0, 0.1) is 5.92 Å². The number of hydrogen-bond donors (Lipinski definition) is 1. The fraction of sp³-hybridized carbons (Fsp3) is 0.321. The van der Waals surface area contributed by atoms with Gasteiger partial charge in [0.15, 0.2) is 11.4 Å². The summed E-state index contributed by atoms with van der Waals surface area (Å²) in [6.07, 6.45) is 3.98. The summed E-state index contributed by atoms with van der Waals surface area (Å²) in [5, 5.41) is 7.93. The Morgan fingerprint density at radius 3 is 2.49 bits per heavy atom. The number of fused-ring (bicyclic) bond motifs is 1. The Kier molecular flexibility index (Phi) is 6.77. The molecular formula is C28H31N5O2. The van der Waals surface area contributed by atoms with E-state index in [1.807, 2.05) is 71.2 Å². The zero-order valence-corrected chi connectivity index (χ0v) is 20.3. The standard InChI is InChI=1S/C28H31N5O2/c1-32-18-16-20(17-19-32)6-15-26(34)22-7-11-23(12-8-22)29-28-30-27-5-3-4-25(33(27)31-28)21-9-13-24(35-2)14-10-21/h3-5,7-14,20H,6,15-19H2,1-2H3,(H,29,31). The molecule has 0 radical (unpaired) electrons. The Morgan fingerprint density at radius 1 is 1.03 bits per heavy atom. The van der Waals surface area contributed by atoms with E-state index in [-0.39, 0.29) is 5.78 Å². The third kappa shape index (κ3) is 5.35. The summed E-state index contributed by atoms with van der Waals surface area (Å²) in [6.45, 7) is 2.27. The number of aromatic nitrogens is 3. The van der Waals surface area contributed by atoms with Crippen LogP contribution in [0.2, 0.25) is 0 Å². The Morgan fingerprint density at radius 2 is 1.77 bits per heavy atom. The van der Waals surface area contributed by atoms with Gasteiger partial charge in [0.1, 0.15) is 5.75 Å². The van der Waals surface area contributed by atoms with E-state index in [9.17, 15) is 4.79 Å². The van der Waals surface area contributed by atoms with Crippen molar-refractivity contribution in [1.82, 2.24) is 19.5 Å². The van der Waals surface area contributed by atoms with Gasteiger partial charge in [-0.05, 0) is 106 Å². The van der Waals surface area contributed by atoms with E-state index in [0.29, 0.717) is 18.3 Å². The molecular weight excluding hydrogens is 438 g/mol. The molecule has 0 bridgehead atoms. The topological polar surface area (TPSA) is 71.8 Å². The second kappa shape index (κ2) is 10.3. The van der Waals surface area contributed by atoms with Crippen LogP contribution in [0.3, 0.4) is 0 Å². The van der Waals surface area contributed by atoms with Crippen LogP contribution in [-0.2, 0) is 0 Å². The van der Waals surface area contributed by atoms with Crippen LogP contribution in [-0.4, -0.2) is 52.5 Å². The Bertz CT molecular complexity index is 1290. The molecule has 1 aliphatic rings. The lowest BCUT2D eigenvalue weighted by Crippen LogP contribution is -2.30. The monoisotopic (exact) mass is 469 g/mol. The van der Waals surface area contributed by atoms with Gasteiger partial charge in [0, 0.05) is 23.2 Å². The predicted octanol–water partition coefficient (Wildman–Crippen LogP) is 5.45. The minimum Gasteiger partial charge on any atom is -0.497 e. The Hall–Kier alpha value is -3.71. The van der Waals surface area contributed by atoms with E-state index in [1.165, 1.54) is 12.8 Å². The van der Waals surface area contributed by atoms with Crippen molar-refractivity contribution >= 4 is 23.1 Å². The number of pyridine rings is 1. The number of hydrogen-bond acceptors (Lipinski definition) is 6. The van der Waals surface area contributed by atoms with Gasteiger partial charge in [0.2, 0.25) is 5.95 Å². The number of ketones is 1. The molecule has 180 valence electrons. The molecule has 1 fully saturated rings. The Labute approximate surface area is 205 Å². The van der Waals surface area contributed by atoms with E-state index in [4.69, 9.17) is 4.74 Å². The largest absolute Gasteiger partial charge is 0.497 e. The number of anilines is 2. The summed E-state index contributed by atoms with van der Waals surface area (Å²) in [5.74, 6) is 2.20. The van der Waals surface area contributed by atoms with Gasteiger partial charge in [-0.2, -0.15) is 4.98 Å². The first-order valence-corrected chi connectivity index (χ1v) is 12.2. The van der Waals surface area contributed by atoms with Crippen molar-refractivity contribution in [2.24, 2.45) is 5.92 Å². The molecule has 2 aromatic carbocycles. The summed E-state index contributed by atoms with van der Waals surface area (Å²) in [6, 6.07) is 21.4. The number of nitrogens with zero attached hydrogens (tertiary/aromatic N) is 4. The minimum atomic E-state index is 0.213. The highest BCUT2D eigenvalue weighted by atomic mass is 16.5. The Balaban J connectivity index is 1.25. The number of carbonyl (C=O) groups excluding carboxylic acids is 1. The second-order valence-corrected chi connectivity index (χ2v) is 9.26. The number of ether oxygens (including phenoxy) is 1. The molecule has 1 N–H and O–H groups in total.